The van der Waals surface area contributed by atoms with Gasteiger partial charge in [-0.25, -0.2) is 0 Å². The fourth-order valence-electron chi connectivity index (χ4n) is 2.09. The first-order chi connectivity index (χ1) is 6.81. The van der Waals surface area contributed by atoms with Gasteiger partial charge in [0.25, 0.3) is 0 Å². The van der Waals surface area contributed by atoms with Gasteiger partial charge in [-0.15, -0.1) is 0 Å². The van der Waals surface area contributed by atoms with Crippen LogP contribution in [-0.4, -0.2) is 30.1 Å². The van der Waals surface area contributed by atoms with Crippen LogP contribution in [0.3, 0.4) is 0 Å². The van der Waals surface area contributed by atoms with E-state index < -0.39 is 0 Å². The van der Waals surface area contributed by atoms with Gasteiger partial charge in [0.15, 0.2) is 0 Å². The van der Waals surface area contributed by atoms with E-state index in [9.17, 15) is 4.79 Å². The lowest BCUT2D eigenvalue weighted by Crippen LogP contribution is -2.30. The zero-order valence-electron chi connectivity index (χ0n) is 8.96. The Hall–Kier alpha value is -0.570. The number of hydrogen-bond donors (Lipinski definition) is 1. The summed E-state index contributed by atoms with van der Waals surface area (Å²) >= 11 is 0. The minimum Gasteiger partial charge on any atom is -0.329 e. The van der Waals surface area contributed by atoms with E-state index in [1.54, 1.807) is 0 Å². The van der Waals surface area contributed by atoms with Gasteiger partial charge in [-0.1, -0.05) is 19.8 Å². The molecule has 1 aliphatic carbocycles. The lowest BCUT2D eigenvalue weighted by molar-refractivity contribution is -0.129. The lowest BCUT2D eigenvalue weighted by atomic mass is 10.2. The van der Waals surface area contributed by atoms with Crippen LogP contribution in [0.15, 0.2) is 0 Å². The quantitative estimate of drug-likeness (QED) is 0.719. The van der Waals surface area contributed by atoms with Crippen molar-refractivity contribution in [2.45, 2.75) is 45.1 Å². The molecule has 0 bridgehead atoms. The van der Waals surface area contributed by atoms with Crippen molar-refractivity contribution in [1.82, 2.24) is 10.2 Å². The Bertz CT molecular complexity index is 213. The summed E-state index contributed by atoms with van der Waals surface area (Å²) in [6.45, 7) is 3.78. The molecule has 3 nitrogen and oxygen atoms in total. The maximum Gasteiger partial charge on any atom is 0.240 e. The van der Waals surface area contributed by atoms with Gasteiger partial charge in [0.1, 0.15) is 0 Å². The molecule has 0 aromatic heterocycles. The highest BCUT2D eigenvalue weighted by molar-refractivity contribution is 5.83. The van der Waals surface area contributed by atoms with Crippen LogP contribution in [0.25, 0.3) is 0 Å². The third-order valence-corrected chi connectivity index (χ3v) is 3.28. The topological polar surface area (TPSA) is 32.3 Å². The molecule has 2 rings (SSSR count). The molecule has 0 radical (unpaired) electrons. The van der Waals surface area contributed by atoms with Crippen LogP contribution in [0.4, 0.5) is 0 Å². The van der Waals surface area contributed by atoms with E-state index >= 15 is 0 Å². The Morgan fingerprint density at radius 2 is 2.29 bits per heavy atom. The second-order valence-electron chi connectivity index (χ2n) is 4.51. The fourth-order valence-corrected chi connectivity index (χ4v) is 2.09. The summed E-state index contributed by atoms with van der Waals surface area (Å²) < 4.78 is 0. The Balaban J connectivity index is 1.67. The monoisotopic (exact) mass is 196 g/mol. The molecule has 1 saturated heterocycles. The summed E-state index contributed by atoms with van der Waals surface area (Å²) in [5, 5.41) is 3.24. The Morgan fingerprint density at radius 3 is 2.86 bits per heavy atom. The normalized spacial score (nSPS) is 27.4. The van der Waals surface area contributed by atoms with Crippen LogP contribution >= 0.6 is 0 Å². The molecule has 2 fully saturated rings. The highest BCUT2D eigenvalue weighted by atomic mass is 16.2. The van der Waals surface area contributed by atoms with Gasteiger partial charge in [-0.05, 0) is 25.2 Å². The Morgan fingerprint density at radius 1 is 1.50 bits per heavy atom. The first-order valence-electron chi connectivity index (χ1n) is 5.83. The number of hydrogen-bond acceptors (Lipinski definition) is 2. The first kappa shape index (κ1) is 9.97. The van der Waals surface area contributed by atoms with E-state index in [1.165, 1.54) is 25.7 Å². The molecule has 1 heterocycles. The minimum absolute atomic E-state index is 0.0934. The zero-order chi connectivity index (χ0) is 9.97. The van der Waals surface area contributed by atoms with Crippen molar-refractivity contribution in [1.29, 1.82) is 0 Å². The predicted molar refractivity (Wildman–Crippen MR) is 55.8 cm³/mol. The van der Waals surface area contributed by atoms with Gasteiger partial charge < -0.3 is 4.90 Å². The molecule has 0 spiro atoms. The molecule has 1 unspecified atom stereocenters. The maximum atomic E-state index is 11.7. The molecule has 1 N–H and O–H groups in total. The molecule has 1 aliphatic heterocycles. The van der Waals surface area contributed by atoms with Crippen molar-refractivity contribution in [3.8, 4) is 0 Å². The van der Waals surface area contributed by atoms with E-state index in [0.717, 1.165) is 25.6 Å². The number of carbonyl (C=O) groups is 1. The molecule has 2 aliphatic rings. The van der Waals surface area contributed by atoms with Gasteiger partial charge in [-0.3, -0.25) is 10.1 Å². The van der Waals surface area contributed by atoms with Crippen molar-refractivity contribution >= 4 is 5.91 Å². The number of amides is 1. The van der Waals surface area contributed by atoms with Crippen molar-refractivity contribution in [3.63, 3.8) is 0 Å². The van der Waals surface area contributed by atoms with E-state index in [2.05, 4.69) is 12.2 Å². The Kier molecular flexibility index (Phi) is 3.06. The highest BCUT2D eigenvalue weighted by Crippen LogP contribution is 2.33. The molecule has 0 aromatic rings. The first-order valence-corrected chi connectivity index (χ1v) is 5.83. The smallest absolute Gasteiger partial charge is 0.240 e. The second kappa shape index (κ2) is 4.30. The lowest BCUT2D eigenvalue weighted by Gasteiger charge is -2.14. The molecule has 0 aromatic carbocycles. The molecule has 14 heavy (non-hydrogen) atoms. The van der Waals surface area contributed by atoms with Crippen LogP contribution in [0.2, 0.25) is 0 Å². The SMILES string of the molecule is CCC1NCN(CCCC2CC2)C1=O. The van der Waals surface area contributed by atoms with E-state index in [-0.39, 0.29) is 6.04 Å². The summed E-state index contributed by atoms with van der Waals surface area (Å²) in [7, 11) is 0. The third kappa shape index (κ3) is 2.27. The van der Waals surface area contributed by atoms with Gasteiger partial charge in [0, 0.05) is 6.54 Å². The summed E-state index contributed by atoms with van der Waals surface area (Å²) in [4.78, 5) is 13.7. The average molecular weight is 196 g/mol. The van der Waals surface area contributed by atoms with Crippen molar-refractivity contribution in [2.24, 2.45) is 5.92 Å². The van der Waals surface area contributed by atoms with E-state index in [4.69, 9.17) is 0 Å². The number of nitrogens with one attached hydrogen (secondary N) is 1. The van der Waals surface area contributed by atoms with Crippen molar-refractivity contribution in [2.75, 3.05) is 13.2 Å². The Labute approximate surface area is 85.8 Å². The summed E-state index contributed by atoms with van der Waals surface area (Å²) in [6.07, 6.45) is 6.26. The van der Waals surface area contributed by atoms with Crippen LogP contribution in [0.5, 0.6) is 0 Å². The molecular formula is C11H20N2O. The van der Waals surface area contributed by atoms with Crippen LogP contribution in [0, 0.1) is 5.92 Å². The van der Waals surface area contributed by atoms with Crippen molar-refractivity contribution < 1.29 is 4.79 Å². The predicted octanol–water partition coefficient (Wildman–Crippen LogP) is 1.34. The van der Waals surface area contributed by atoms with Gasteiger partial charge in [-0.2, -0.15) is 0 Å². The van der Waals surface area contributed by atoms with Crippen LogP contribution in [0.1, 0.15) is 39.0 Å². The largest absolute Gasteiger partial charge is 0.329 e. The van der Waals surface area contributed by atoms with Gasteiger partial charge in [0.2, 0.25) is 5.91 Å². The molecule has 1 amide bonds. The van der Waals surface area contributed by atoms with Crippen molar-refractivity contribution in [3.05, 3.63) is 0 Å². The van der Waals surface area contributed by atoms with Crippen LogP contribution < -0.4 is 5.32 Å². The molecule has 80 valence electrons. The number of carbonyl (C=O) groups excluding carboxylic acids is 1. The third-order valence-electron chi connectivity index (χ3n) is 3.28. The fraction of sp³-hybridized carbons (Fsp3) is 0.909. The summed E-state index contributed by atoms with van der Waals surface area (Å²) in [5.41, 5.74) is 0. The molecule has 1 atom stereocenters. The van der Waals surface area contributed by atoms with Crippen LogP contribution in [-0.2, 0) is 4.79 Å². The summed E-state index contributed by atoms with van der Waals surface area (Å²) in [6, 6.07) is 0.0934. The van der Waals surface area contributed by atoms with E-state index in [1.807, 2.05) is 4.90 Å². The molecular weight excluding hydrogens is 176 g/mol. The number of rotatable bonds is 5. The minimum atomic E-state index is 0.0934. The summed E-state index contributed by atoms with van der Waals surface area (Å²) in [5.74, 6) is 1.30. The highest BCUT2D eigenvalue weighted by Gasteiger charge is 2.29. The standard InChI is InChI=1S/C11H20N2O/c1-2-10-11(14)13(8-12-10)7-3-4-9-5-6-9/h9-10,12H,2-8H2,1H3. The molecule has 1 saturated carbocycles. The number of nitrogens with zero attached hydrogens (tertiary/aromatic N) is 1. The average Bonchev–Trinajstić information content (AvgIpc) is 2.93. The zero-order valence-corrected chi connectivity index (χ0v) is 8.96. The van der Waals surface area contributed by atoms with Gasteiger partial charge in [0.05, 0.1) is 12.7 Å². The molecule has 3 heteroatoms. The van der Waals surface area contributed by atoms with E-state index in [0.29, 0.717) is 5.91 Å². The second-order valence-corrected chi connectivity index (χ2v) is 4.51. The maximum absolute atomic E-state index is 11.7. The van der Waals surface area contributed by atoms with Gasteiger partial charge >= 0.3 is 0 Å².